The van der Waals surface area contributed by atoms with Crippen molar-refractivity contribution in [3.63, 3.8) is 0 Å². The highest BCUT2D eigenvalue weighted by Gasteiger charge is 2.06. The molecule has 1 amide bonds. The largest absolute Gasteiger partial charge is 0.480 e. The molecule has 0 aliphatic heterocycles. The first-order valence-corrected chi connectivity index (χ1v) is 5.00. The molecule has 0 fully saturated rings. The summed E-state index contributed by atoms with van der Waals surface area (Å²) in [7, 11) is 0. The molecular weight excluding hydrogens is 222 g/mol. The number of hydrogen-bond donors (Lipinski definition) is 2. The van der Waals surface area contributed by atoms with Crippen molar-refractivity contribution in [2.75, 3.05) is 11.9 Å². The zero-order valence-electron chi connectivity index (χ0n) is 9.34. The number of nitrogens with one attached hydrogen (secondary N) is 1. The lowest BCUT2D eigenvalue weighted by Gasteiger charge is -2.09. The smallest absolute Gasteiger partial charge is 0.341 e. The highest BCUT2D eigenvalue weighted by atomic mass is 16.5. The summed E-state index contributed by atoms with van der Waals surface area (Å²) < 4.78 is 5.04. The van der Waals surface area contributed by atoms with E-state index in [0.717, 1.165) is 0 Å². The Morgan fingerprint density at radius 3 is 2.76 bits per heavy atom. The number of allylic oxidation sites excluding steroid dienone is 1. The number of para-hydroxylation sites is 2. The topological polar surface area (TPSA) is 75.6 Å². The number of carboxylic acid groups (broad SMARTS) is 1. The predicted octanol–water partition coefficient (Wildman–Crippen LogP) is 1.66. The summed E-state index contributed by atoms with van der Waals surface area (Å²) in [5.74, 6) is -1.04. The van der Waals surface area contributed by atoms with Crippen LogP contribution in [0.25, 0.3) is 0 Å². The summed E-state index contributed by atoms with van der Waals surface area (Å²) in [6.07, 6.45) is 2.98. The summed E-state index contributed by atoms with van der Waals surface area (Å²) in [5, 5.41) is 11.1. The maximum Gasteiger partial charge on any atom is 0.341 e. The second-order valence-corrected chi connectivity index (χ2v) is 3.17. The molecule has 2 N–H and O–H groups in total. The van der Waals surface area contributed by atoms with E-state index in [0.29, 0.717) is 11.4 Å². The molecule has 0 saturated heterocycles. The Balaban J connectivity index is 2.76. The molecule has 1 rings (SSSR count). The van der Waals surface area contributed by atoms with Gasteiger partial charge >= 0.3 is 5.97 Å². The van der Waals surface area contributed by atoms with Crippen molar-refractivity contribution in [3.05, 3.63) is 36.4 Å². The third-order valence-corrected chi connectivity index (χ3v) is 1.81. The van der Waals surface area contributed by atoms with Gasteiger partial charge in [0.2, 0.25) is 5.91 Å². The van der Waals surface area contributed by atoms with Crippen molar-refractivity contribution >= 4 is 17.6 Å². The van der Waals surface area contributed by atoms with E-state index in [1.54, 1.807) is 37.3 Å². The SMILES string of the molecule is CC=CC(=O)Nc1ccccc1OCC(=O)O. The summed E-state index contributed by atoms with van der Waals surface area (Å²) in [5.41, 5.74) is 0.442. The van der Waals surface area contributed by atoms with Crippen molar-refractivity contribution in [2.45, 2.75) is 6.92 Å². The second-order valence-electron chi connectivity index (χ2n) is 3.17. The fraction of sp³-hybridized carbons (Fsp3) is 0.167. The first-order chi connectivity index (χ1) is 8.13. The van der Waals surface area contributed by atoms with Gasteiger partial charge in [0.05, 0.1) is 5.69 Å². The van der Waals surface area contributed by atoms with E-state index in [2.05, 4.69) is 5.32 Å². The van der Waals surface area contributed by atoms with Gasteiger partial charge < -0.3 is 15.2 Å². The quantitative estimate of drug-likeness (QED) is 0.761. The van der Waals surface area contributed by atoms with Crippen LogP contribution in [0.15, 0.2) is 36.4 Å². The van der Waals surface area contributed by atoms with Crippen LogP contribution < -0.4 is 10.1 Å². The number of ether oxygens (including phenoxy) is 1. The van der Waals surface area contributed by atoms with Gasteiger partial charge in [-0.15, -0.1) is 0 Å². The minimum Gasteiger partial charge on any atom is -0.480 e. The third kappa shape index (κ3) is 4.38. The molecule has 90 valence electrons. The summed E-state index contributed by atoms with van der Waals surface area (Å²) in [4.78, 5) is 21.7. The lowest BCUT2D eigenvalue weighted by Crippen LogP contribution is -2.13. The lowest BCUT2D eigenvalue weighted by molar-refractivity contribution is -0.139. The fourth-order valence-corrected chi connectivity index (χ4v) is 1.16. The maximum atomic E-state index is 11.3. The van der Waals surface area contributed by atoms with Crippen LogP contribution in [0.3, 0.4) is 0 Å². The van der Waals surface area contributed by atoms with Crippen molar-refractivity contribution in [3.8, 4) is 5.75 Å². The van der Waals surface area contributed by atoms with Gasteiger partial charge in [0.25, 0.3) is 0 Å². The standard InChI is InChI=1S/C12H13NO4/c1-2-5-11(14)13-9-6-3-4-7-10(9)17-8-12(15)16/h2-7H,8H2,1H3,(H,13,14)(H,15,16). The molecule has 0 heterocycles. The highest BCUT2D eigenvalue weighted by Crippen LogP contribution is 2.23. The molecule has 0 aliphatic rings. The zero-order valence-corrected chi connectivity index (χ0v) is 9.34. The van der Waals surface area contributed by atoms with Gasteiger partial charge in [-0.1, -0.05) is 18.2 Å². The van der Waals surface area contributed by atoms with Crippen molar-refractivity contribution in [1.29, 1.82) is 0 Å². The molecule has 0 spiro atoms. The molecule has 5 nitrogen and oxygen atoms in total. The Labute approximate surface area is 98.7 Å². The van der Waals surface area contributed by atoms with Crippen molar-refractivity contribution in [1.82, 2.24) is 0 Å². The molecule has 17 heavy (non-hydrogen) atoms. The zero-order chi connectivity index (χ0) is 12.7. The van der Waals surface area contributed by atoms with E-state index in [9.17, 15) is 9.59 Å². The van der Waals surface area contributed by atoms with Gasteiger partial charge in [-0.25, -0.2) is 4.79 Å². The van der Waals surface area contributed by atoms with Gasteiger partial charge in [-0.3, -0.25) is 4.79 Å². The number of anilines is 1. The van der Waals surface area contributed by atoms with Crippen LogP contribution in [0.2, 0.25) is 0 Å². The molecule has 0 aromatic heterocycles. The maximum absolute atomic E-state index is 11.3. The minimum absolute atomic E-state index is 0.293. The van der Waals surface area contributed by atoms with Gasteiger partial charge in [-0.2, -0.15) is 0 Å². The van der Waals surface area contributed by atoms with Gasteiger partial charge in [-0.05, 0) is 25.1 Å². The molecule has 0 saturated carbocycles. The number of aliphatic carboxylic acids is 1. The Kier molecular flexibility index (Phi) is 4.75. The van der Waals surface area contributed by atoms with E-state index < -0.39 is 12.6 Å². The van der Waals surface area contributed by atoms with Crippen LogP contribution in [0.5, 0.6) is 5.75 Å². The Hall–Kier alpha value is -2.30. The normalized spacial score (nSPS) is 10.2. The second kappa shape index (κ2) is 6.32. The van der Waals surface area contributed by atoms with Crippen molar-refractivity contribution < 1.29 is 19.4 Å². The van der Waals surface area contributed by atoms with Gasteiger partial charge in [0, 0.05) is 0 Å². The average Bonchev–Trinajstić information content (AvgIpc) is 2.28. The Morgan fingerprint density at radius 2 is 2.12 bits per heavy atom. The fourth-order valence-electron chi connectivity index (χ4n) is 1.16. The van der Waals surface area contributed by atoms with Crippen LogP contribution in [-0.4, -0.2) is 23.6 Å². The van der Waals surface area contributed by atoms with Gasteiger partial charge in [0.15, 0.2) is 6.61 Å². The van der Waals surface area contributed by atoms with E-state index in [4.69, 9.17) is 9.84 Å². The van der Waals surface area contributed by atoms with E-state index in [-0.39, 0.29) is 5.91 Å². The first-order valence-electron chi connectivity index (χ1n) is 5.00. The highest BCUT2D eigenvalue weighted by molar-refractivity contribution is 6.00. The molecule has 1 aromatic rings. The molecule has 5 heteroatoms. The van der Waals surface area contributed by atoms with Crippen molar-refractivity contribution in [2.24, 2.45) is 0 Å². The molecule has 0 unspecified atom stereocenters. The number of carbonyl (C=O) groups is 2. The lowest BCUT2D eigenvalue weighted by atomic mass is 10.3. The Bertz CT molecular complexity index is 440. The molecule has 0 bridgehead atoms. The average molecular weight is 235 g/mol. The minimum atomic E-state index is -1.07. The number of carbonyl (C=O) groups excluding carboxylic acids is 1. The number of hydrogen-bond acceptors (Lipinski definition) is 3. The van der Waals surface area contributed by atoms with E-state index >= 15 is 0 Å². The number of amides is 1. The third-order valence-electron chi connectivity index (χ3n) is 1.81. The van der Waals surface area contributed by atoms with Crippen LogP contribution in [0, 0.1) is 0 Å². The molecular formula is C12H13NO4. The van der Waals surface area contributed by atoms with Gasteiger partial charge in [0.1, 0.15) is 5.75 Å². The summed E-state index contributed by atoms with van der Waals surface area (Å²) in [6.45, 7) is 1.28. The monoisotopic (exact) mass is 235 g/mol. The van der Waals surface area contributed by atoms with Crippen LogP contribution in [-0.2, 0) is 9.59 Å². The first kappa shape index (κ1) is 12.8. The molecule has 0 atom stereocenters. The predicted molar refractivity (Wildman–Crippen MR) is 63.0 cm³/mol. The van der Waals surface area contributed by atoms with Crippen LogP contribution in [0.4, 0.5) is 5.69 Å². The van der Waals surface area contributed by atoms with E-state index in [1.807, 2.05) is 0 Å². The molecule has 0 aliphatic carbocycles. The summed E-state index contributed by atoms with van der Waals surface area (Å²) in [6, 6.07) is 6.65. The number of benzene rings is 1. The van der Waals surface area contributed by atoms with E-state index in [1.165, 1.54) is 6.08 Å². The van der Waals surface area contributed by atoms with Crippen LogP contribution >= 0.6 is 0 Å². The summed E-state index contributed by atoms with van der Waals surface area (Å²) >= 11 is 0. The number of carboxylic acids is 1. The molecule has 1 aromatic carbocycles. The number of rotatable bonds is 5. The molecule has 0 radical (unpaired) electrons. The Morgan fingerprint density at radius 1 is 1.41 bits per heavy atom. The van der Waals surface area contributed by atoms with Crippen LogP contribution in [0.1, 0.15) is 6.92 Å².